The van der Waals surface area contributed by atoms with E-state index in [4.69, 9.17) is 5.73 Å². The molecule has 2 N–H and O–H groups in total. The third kappa shape index (κ3) is 2.69. The van der Waals surface area contributed by atoms with Crippen LogP contribution in [0.15, 0.2) is 12.4 Å². The highest BCUT2D eigenvalue weighted by Gasteiger charge is 2.26. The zero-order valence-electron chi connectivity index (χ0n) is 11.0. The number of fused-ring (bicyclic) bond motifs is 1. The molecule has 0 saturated heterocycles. The molecular formula is C13H24N4. The summed E-state index contributed by atoms with van der Waals surface area (Å²) < 4.78 is 2.24. The van der Waals surface area contributed by atoms with E-state index in [0.29, 0.717) is 12.1 Å². The maximum absolute atomic E-state index is 6.30. The Bertz CT molecular complexity index is 347. The van der Waals surface area contributed by atoms with Gasteiger partial charge in [-0.25, -0.2) is 4.98 Å². The molecule has 0 spiro atoms. The molecule has 0 amide bonds. The van der Waals surface area contributed by atoms with Crippen LogP contribution in [0.25, 0.3) is 0 Å². The van der Waals surface area contributed by atoms with E-state index >= 15 is 0 Å². The lowest BCUT2D eigenvalue weighted by Crippen LogP contribution is -2.50. The quantitative estimate of drug-likeness (QED) is 0.845. The van der Waals surface area contributed by atoms with E-state index in [0.717, 1.165) is 32.5 Å². The van der Waals surface area contributed by atoms with E-state index < -0.39 is 0 Å². The van der Waals surface area contributed by atoms with Gasteiger partial charge in [0.05, 0.1) is 6.54 Å². The lowest BCUT2D eigenvalue weighted by atomic mass is 9.99. The fourth-order valence-corrected chi connectivity index (χ4v) is 2.83. The molecule has 2 heterocycles. The summed E-state index contributed by atoms with van der Waals surface area (Å²) >= 11 is 0. The predicted octanol–water partition coefficient (Wildman–Crippen LogP) is 1.60. The highest BCUT2D eigenvalue weighted by molar-refractivity contribution is 4.97. The molecule has 0 saturated carbocycles. The topological polar surface area (TPSA) is 47.1 Å². The highest BCUT2D eigenvalue weighted by Crippen LogP contribution is 2.18. The Balaban J connectivity index is 2.02. The minimum absolute atomic E-state index is 0.298. The smallest absolute Gasteiger partial charge is 0.122 e. The van der Waals surface area contributed by atoms with Gasteiger partial charge in [-0.15, -0.1) is 0 Å². The normalized spacial score (nSPS) is 19.9. The van der Waals surface area contributed by atoms with Gasteiger partial charge >= 0.3 is 0 Å². The molecule has 2 atom stereocenters. The van der Waals surface area contributed by atoms with Crippen LogP contribution < -0.4 is 5.73 Å². The van der Waals surface area contributed by atoms with Crippen molar-refractivity contribution in [1.82, 2.24) is 14.5 Å². The van der Waals surface area contributed by atoms with Gasteiger partial charge in [0.25, 0.3) is 0 Å². The molecule has 1 aromatic rings. The summed E-state index contributed by atoms with van der Waals surface area (Å²) in [6, 6.07) is 0.798. The number of rotatable bonds is 5. The summed E-state index contributed by atoms with van der Waals surface area (Å²) in [4.78, 5) is 6.91. The zero-order chi connectivity index (χ0) is 12.3. The van der Waals surface area contributed by atoms with Crippen LogP contribution in [-0.4, -0.2) is 33.1 Å². The van der Waals surface area contributed by atoms with Crippen molar-refractivity contribution in [3.8, 4) is 0 Å². The second-order valence-corrected chi connectivity index (χ2v) is 4.94. The van der Waals surface area contributed by atoms with Crippen molar-refractivity contribution >= 4 is 0 Å². The molecule has 17 heavy (non-hydrogen) atoms. The molecule has 0 radical (unpaired) electrons. The lowest BCUT2D eigenvalue weighted by Gasteiger charge is -2.37. The first-order valence-electron chi connectivity index (χ1n) is 6.75. The third-order valence-electron chi connectivity index (χ3n) is 3.78. The maximum Gasteiger partial charge on any atom is 0.122 e. The van der Waals surface area contributed by atoms with Crippen LogP contribution in [0.1, 0.15) is 38.9 Å². The van der Waals surface area contributed by atoms with E-state index in [1.165, 1.54) is 12.2 Å². The van der Waals surface area contributed by atoms with E-state index in [9.17, 15) is 0 Å². The highest BCUT2D eigenvalue weighted by atomic mass is 15.3. The summed E-state index contributed by atoms with van der Waals surface area (Å²) in [5.74, 6) is 1.18. The van der Waals surface area contributed by atoms with Crippen LogP contribution in [0.5, 0.6) is 0 Å². The van der Waals surface area contributed by atoms with Gasteiger partial charge in [0.1, 0.15) is 5.82 Å². The van der Waals surface area contributed by atoms with E-state index in [2.05, 4.69) is 34.5 Å². The van der Waals surface area contributed by atoms with Crippen molar-refractivity contribution in [2.75, 3.05) is 6.54 Å². The summed E-state index contributed by atoms with van der Waals surface area (Å²) in [6.07, 6.45) is 7.37. The zero-order valence-corrected chi connectivity index (χ0v) is 11.0. The van der Waals surface area contributed by atoms with E-state index in [1.807, 2.05) is 6.20 Å². The van der Waals surface area contributed by atoms with Gasteiger partial charge in [0.15, 0.2) is 0 Å². The van der Waals surface area contributed by atoms with Crippen LogP contribution in [0.2, 0.25) is 0 Å². The monoisotopic (exact) mass is 236 g/mol. The van der Waals surface area contributed by atoms with Gasteiger partial charge in [0.2, 0.25) is 0 Å². The van der Waals surface area contributed by atoms with Crippen molar-refractivity contribution < 1.29 is 0 Å². The molecule has 0 aromatic carbocycles. The number of aromatic nitrogens is 2. The minimum Gasteiger partial charge on any atom is -0.333 e. The van der Waals surface area contributed by atoms with Crippen molar-refractivity contribution in [2.45, 2.75) is 58.3 Å². The van der Waals surface area contributed by atoms with Crippen molar-refractivity contribution in [2.24, 2.45) is 5.73 Å². The summed E-state index contributed by atoms with van der Waals surface area (Å²) in [7, 11) is 0. The van der Waals surface area contributed by atoms with Gasteiger partial charge in [-0.1, -0.05) is 20.3 Å². The molecule has 0 bridgehead atoms. The molecule has 4 nitrogen and oxygen atoms in total. The van der Waals surface area contributed by atoms with Crippen LogP contribution >= 0.6 is 0 Å². The van der Waals surface area contributed by atoms with Gasteiger partial charge in [0, 0.05) is 37.6 Å². The number of nitrogens with zero attached hydrogens (tertiary/aromatic N) is 3. The minimum atomic E-state index is 0.298. The SMILES string of the molecule is CCCC(N)C(CC)N1CCn2ccnc2C1. The molecule has 96 valence electrons. The van der Waals surface area contributed by atoms with Crippen LogP contribution in [0.4, 0.5) is 0 Å². The Morgan fingerprint density at radius 1 is 1.41 bits per heavy atom. The molecule has 0 aliphatic carbocycles. The summed E-state index contributed by atoms with van der Waals surface area (Å²) in [6.45, 7) is 7.53. The van der Waals surface area contributed by atoms with Gasteiger partial charge in [-0.05, 0) is 12.8 Å². The first-order valence-corrected chi connectivity index (χ1v) is 6.75. The molecular weight excluding hydrogens is 212 g/mol. The maximum atomic E-state index is 6.30. The molecule has 1 aliphatic rings. The first-order chi connectivity index (χ1) is 8.26. The predicted molar refractivity (Wildman–Crippen MR) is 69.6 cm³/mol. The second kappa shape index (κ2) is 5.65. The third-order valence-corrected chi connectivity index (χ3v) is 3.78. The number of imidazole rings is 1. The molecule has 2 rings (SSSR count). The fourth-order valence-electron chi connectivity index (χ4n) is 2.83. The van der Waals surface area contributed by atoms with Gasteiger partial charge < -0.3 is 10.3 Å². The van der Waals surface area contributed by atoms with Crippen molar-refractivity contribution in [3.63, 3.8) is 0 Å². The molecule has 1 aliphatic heterocycles. The largest absolute Gasteiger partial charge is 0.333 e. The summed E-state index contributed by atoms with van der Waals surface area (Å²) in [5, 5.41) is 0. The average Bonchev–Trinajstić information content (AvgIpc) is 2.77. The summed E-state index contributed by atoms with van der Waals surface area (Å²) in [5.41, 5.74) is 6.30. The molecule has 1 aromatic heterocycles. The van der Waals surface area contributed by atoms with E-state index in [-0.39, 0.29) is 0 Å². The Kier molecular flexibility index (Phi) is 4.18. The molecule has 2 unspecified atom stereocenters. The number of hydrogen-bond acceptors (Lipinski definition) is 3. The van der Waals surface area contributed by atoms with E-state index in [1.54, 1.807) is 0 Å². The number of hydrogen-bond donors (Lipinski definition) is 1. The number of nitrogens with two attached hydrogens (primary N) is 1. The first kappa shape index (κ1) is 12.6. The second-order valence-electron chi connectivity index (χ2n) is 4.94. The van der Waals surface area contributed by atoms with Gasteiger partial charge in [-0.2, -0.15) is 0 Å². The average molecular weight is 236 g/mol. The van der Waals surface area contributed by atoms with Crippen LogP contribution in [0.3, 0.4) is 0 Å². The van der Waals surface area contributed by atoms with Gasteiger partial charge in [-0.3, -0.25) is 4.90 Å². The lowest BCUT2D eigenvalue weighted by molar-refractivity contribution is 0.125. The van der Waals surface area contributed by atoms with Crippen molar-refractivity contribution in [1.29, 1.82) is 0 Å². The van der Waals surface area contributed by atoms with Crippen LogP contribution in [-0.2, 0) is 13.1 Å². The Morgan fingerprint density at radius 2 is 2.24 bits per heavy atom. The van der Waals surface area contributed by atoms with Crippen LogP contribution in [0, 0.1) is 0 Å². The van der Waals surface area contributed by atoms with Crippen molar-refractivity contribution in [3.05, 3.63) is 18.2 Å². The molecule has 4 heteroatoms. The molecule has 0 fully saturated rings. The standard InChI is InChI=1S/C13H24N4/c1-3-5-11(14)12(4-2)17-9-8-16-7-6-15-13(16)10-17/h6-7,11-12H,3-5,8-10,14H2,1-2H3. The Labute approximate surface area is 104 Å². The fraction of sp³-hybridized carbons (Fsp3) is 0.769. The Hall–Kier alpha value is -0.870. The Morgan fingerprint density at radius 3 is 2.94 bits per heavy atom.